The van der Waals surface area contributed by atoms with E-state index in [1.54, 1.807) is 0 Å². The van der Waals surface area contributed by atoms with Crippen LogP contribution in [0.15, 0.2) is 46.9 Å². The van der Waals surface area contributed by atoms with E-state index >= 15 is 0 Å². The second kappa shape index (κ2) is 9.01. The van der Waals surface area contributed by atoms with Gasteiger partial charge in [0, 0.05) is 11.0 Å². The smallest absolute Gasteiger partial charge is 0.238 e. The number of halogens is 3. The maximum atomic E-state index is 13.0. The van der Waals surface area contributed by atoms with Gasteiger partial charge in [-0.15, -0.1) is 0 Å². The number of ether oxygens (including phenoxy) is 1. The first-order valence-corrected chi connectivity index (χ1v) is 8.43. The number of benzene rings is 2. The van der Waals surface area contributed by atoms with E-state index in [0.29, 0.717) is 18.8 Å². The van der Waals surface area contributed by atoms with Gasteiger partial charge in [-0.3, -0.25) is 9.69 Å². The van der Waals surface area contributed by atoms with Crippen molar-refractivity contribution in [2.45, 2.75) is 0 Å². The zero-order valence-electron chi connectivity index (χ0n) is 13.1. The van der Waals surface area contributed by atoms with Crippen LogP contribution < -0.4 is 10.1 Å². The van der Waals surface area contributed by atoms with Crippen molar-refractivity contribution in [1.29, 1.82) is 0 Å². The lowest BCUT2D eigenvalue weighted by atomic mass is 10.3. The molecular weight excluding hydrogens is 399 g/mol. The number of amides is 1. The van der Waals surface area contributed by atoms with E-state index in [9.17, 15) is 9.18 Å². The van der Waals surface area contributed by atoms with E-state index in [1.165, 1.54) is 12.1 Å². The van der Waals surface area contributed by atoms with Crippen LogP contribution in [0.5, 0.6) is 5.75 Å². The Bertz CT molecular complexity index is 697. The Hall–Kier alpha value is -1.63. The van der Waals surface area contributed by atoms with Crippen molar-refractivity contribution in [2.75, 3.05) is 32.1 Å². The topological polar surface area (TPSA) is 41.6 Å². The fraction of sp³-hybridized carbons (Fsp3) is 0.235. The minimum atomic E-state index is -0.444. The molecule has 2 aromatic rings. The fourth-order valence-corrected chi connectivity index (χ4v) is 2.43. The molecule has 0 saturated carbocycles. The van der Waals surface area contributed by atoms with Crippen LogP contribution in [0.25, 0.3) is 0 Å². The summed E-state index contributed by atoms with van der Waals surface area (Å²) >= 11 is 9.24. The fourth-order valence-electron chi connectivity index (χ4n) is 1.95. The SMILES string of the molecule is CN(CCOc1ccc(Br)cc1)CC(=O)Nc1ccc(F)cc1Cl. The van der Waals surface area contributed by atoms with E-state index in [0.717, 1.165) is 16.3 Å². The Morgan fingerprint density at radius 3 is 2.67 bits per heavy atom. The van der Waals surface area contributed by atoms with Gasteiger partial charge >= 0.3 is 0 Å². The molecule has 0 heterocycles. The Morgan fingerprint density at radius 1 is 1.29 bits per heavy atom. The van der Waals surface area contributed by atoms with Crippen molar-refractivity contribution in [2.24, 2.45) is 0 Å². The highest BCUT2D eigenvalue weighted by Gasteiger charge is 2.09. The Kier molecular flexibility index (Phi) is 7.02. The minimum Gasteiger partial charge on any atom is -0.492 e. The van der Waals surface area contributed by atoms with E-state index in [1.807, 2.05) is 36.2 Å². The zero-order valence-corrected chi connectivity index (χ0v) is 15.4. The maximum absolute atomic E-state index is 13.0. The monoisotopic (exact) mass is 414 g/mol. The third kappa shape index (κ3) is 6.11. The van der Waals surface area contributed by atoms with Gasteiger partial charge in [-0.1, -0.05) is 27.5 Å². The standard InChI is InChI=1S/C17H17BrClFN2O2/c1-22(8-9-24-14-5-2-12(18)3-6-14)11-17(23)21-16-7-4-13(20)10-15(16)19/h2-7,10H,8-9,11H2,1H3,(H,21,23). The second-order valence-corrected chi connectivity index (χ2v) is 6.54. The van der Waals surface area contributed by atoms with Gasteiger partial charge in [0.25, 0.3) is 0 Å². The first-order chi connectivity index (χ1) is 11.4. The second-order valence-electron chi connectivity index (χ2n) is 5.21. The third-order valence-electron chi connectivity index (χ3n) is 3.17. The van der Waals surface area contributed by atoms with Crippen LogP contribution in [0.1, 0.15) is 0 Å². The van der Waals surface area contributed by atoms with Crippen molar-refractivity contribution < 1.29 is 13.9 Å². The van der Waals surface area contributed by atoms with Crippen LogP contribution >= 0.6 is 27.5 Å². The summed E-state index contributed by atoms with van der Waals surface area (Å²) in [6.07, 6.45) is 0. The first-order valence-electron chi connectivity index (χ1n) is 7.26. The maximum Gasteiger partial charge on any atom is 0.238 e. The molecule has 0 aliphatic carbocycles. The quantitative estimate of drug-likeness (QED) is 0.737. The van der Waals surface area contributed by atoms with Crippen LogP contribution in [-0.2, 0) is 4.79 Å². The van der Waals surface area contributed by atoms with Crippen LogP contribution in [0.3, 0.4) is 0 Å². The minimum absolute atomic E-state index is 0.171. The number of nitrogens with zero attached hydrogens (tertiary/aromatic N) is 1. The summed E-state index contributed by atoms with van der Waals surface area (Å²) in [5.41, 5.74) is 0.391. The summed E-state index contributed by atoms with van der Waals surface area (Å²) in [5.74, 6) is 0.101. The summed E-state index contributed by atoms with van der Waals surface area (Å²) in [4.78, 5) is 13.8. The summed E-state index contributed by atoms with van der Waals surface area (Å²) < 4.78 is 19.6. The molecule has 7 heteroatoms. The lowest BCUT2D eigenvalue weighted by Crippen LogP contribution is -2.33. The molecule has 2 rings (SSSR count). The molecule has 24 heavy (non-hydrogen) atoms. The Labute approximate surface area is 153 Å². The van der Waals surface area contributed by atoms with Crippen LogP contribution in [0, 0.1) is 5.82 Å². The molecular formula is C17H17BrClFN2O2. The van der Waals surface area contributed by atoms with E-state index < -0.39 is 5.82 Å². The molecule has 0 aliphatic rings. The van der Waals surface area contributed by atoms with Crippen molar-refractivity contribution >= 4 is 39.1 Å². The molecule has 0 saturated heterocycles. The van der Waals surface area contributed by atoms with Gasteiger partial charge < -0.3 is 10.1 Å². The van der Waals surface area contributed by atoms with Crippen molar-refractivity contribution in [3.05, 3.63) is 57.8 Å². The van der Waals surface area contributed by atoms with Crippen LogP contribution in [-0.4, -0.2) is 37.6 Å². The lowest BCUT2D eigenvalue weighted by molar-refractivity contribution is -0.117. The molecule has 0 aliphatic heterocycles. The molecule has 0 fully saturated rings. The number of rotatable bonds is 7. The Balaban J connectivity index is 1.74. The highest BCUT2D eigenvalue weighted by molar-refractivity contribution is 9.10. The molecule has 0 aromatic heterocycles. The zero-order chi connectivity index (χ0) is 17.5. The summed E-state index contributed by atoms with van der Waals surface area (Å²) in [5, 5.41) is 2.83. The largest absolute Gasteiger partial charge is 0.492 e. The molecule has 0 bridgehead atoms. The molecule has 2 aromatic carbocycles. The number of anilines is 1. The number of likely N-dealkylation sites (N-methyl/N-ethyl adjacent to an activating group) is 1. The highest BCUT2D eigenvalue weighted by Crippen LogP contribution is 2.22. The molecule has 4 nitrogen and oxygen atoms in total. The number of carbonyl (C=O) groups is 1. The third-order valence-corrected chi connectivity index (χ3v) is 4.02. The van der Waals surface area contributed by atoms with Crippen molar-refractivity contribution in [3.63, 3.8) is 0 Å². The molecule has 0 radical (unpaired) electrons. The predicted molar refractivity (Wildman–Crippen MR) is 97.2 cm³/mol. The van der Waals surface area contributed by atoms with E-state index in [-0.39, 0.29) is 17.5 Å². The summed E-state index contributed by atoms with van der Waals surface area (Å²) in [7, 11) is 1.82. The van der Waals surface area contributed by atoms with E-state index in [2.05, 4.69) is 21.2 Å². The van der Waals surface area contributed by atoms with Gasteiger partial charge in [-0.25, -0.2) is 4.39 Å². The molecule has 1 N–H and O–H groups in total. The molecule has 0 unspecified atom stereocenters. The van der Waals surface area contributed by atoms with Crippen molar-refractivity contribution in [1.82, 2.24) is 4.90 Å². The van der Waals surface area contributed by atoms with Gasteiger partial charge in [0.2, 0.25) is 5.91 Å². The van der Waals surface area contributed by atoms with E-state index in [4.69, 9.17) is 16.3 Å². The molecule has 0 spiro atoms. The number of hydrogen-bond acceptors (Lipinski definition) is 3. The average molecular weight is 416 g/mol. The van der Waals surface area contributed by atoms with Crippen LogP contribution in [0.4, 0.5) is 10.1 Å². The highest BCUT2D eigenvalue weighted by atomic mass is 79.9. The number of nitrogens with one attached hydrogen (secondary N) is 1. The summed E-state index contributed by atoms with van der Waals surface area (Å²) in [6, 6.07) is 11.4. The first kappa shape index (κ1) is 18.7. The molecule has 1 amide bonds. The normalized spacial score (nSPS) is 10.7. The van der Waals surface area contributed by atoms with Gasteiger partial charge in [-0.05, 0) is 49.5 Å². The molecule has 0 atom stereocenters. The van der Waals surface area contributed by atoms with Gasteiger partial charge in [0.1, 0.15) is 18.2 Å². The summed E-state index contributed by atoms with van der Waals surface area (Å²) in [6.45, 7) is 1.22. The van der Waals surface area contributed by atoms with Gasteiger partial charge in [0.15, 0.2) is 0 Å². The molecule has 128 valence electrons. The number of carbonyl (C=O) groups excluding carboxylic acids is 1. The van der Waals surface area contributed by atoms with Crippen LogP contribution in [0.2, 0.25) is 5.02 Å². The lowest BCUT2D eigenvalue weighted by Gasteiger charge is -2.17. The van der Waals surface area contributed by atoms with Crippen molar-refractivity contribution in [3.8, 4) is 5.75 Å². The average Bonchev–Trinajstić information content (AvgIpc) is 2.52. The number of hydrogen-bond donors (Lipinski definition) is 1. The van der Waals surface area contributed by atoms with Gasteiger partial charge in [-0.2, -0.15) is 0 Å². The van der Waals surface area contributed by atoms with Gasteiger partial charge in [0.05, 0.1) is 17.3 Å². The predicted octanol–water partition coefficient (Wildman–Crippen LogP) is 4.19. The Morgan fingerprint density at radius 2 is 2.00 bits per heavy atom.